The van der Waals surface area contributed by atoms with Crippen LogP contribution in [0.1, 0.15) is 17.5 Å². The number of aliphatic hydroxyl groups is 2. The van der Waals surface area contributed by atoms with Crippen molar-refractivity contribution in [3.05, 3.63) is 44.0 Å². The van der Waals surface area contributed by atoms with E-state index in [0.717, 1.165) is 9.75 Å². The van der Waals surface area contributed by atoms with Crippen LogP contribution in [0.2, 0.25) is 0 Å². The van der Waals surface area contributed by atoms with E-state index in [1.165, 1.54) is 22.1 Å². The molecule has 3 heterocycles. The van der Waals surface area contributed by atoms with E-state index in [9.17, 15) is 14.7 Å². The van der Waals surface area contributed by atoms with Crippen LogP contribution in [0, 0.1) is 6.92 Å². The number of thiophene rings is 1. The number of aromatic amines is 1. The lowest BCUT2D eigenvalue weighted by Crippen LogP contribution is -2.33. The van der Waals surface area contributed by atoms with Crippen LogP contribution in [0.25, 0.3) is 10.4 Å². The lowest BCUT2D eigenvalue weighted by atomic mass is 10.2. The molecule has 8 heteroatoms. The molecule has 0 aliphatic carbocycles. The highest BCUT2D eigenvalue weighted by Crippen LogP contribution is 2.29. The van der Waals surface area contributed by atoms with Gasteiger partial charge in [0.2, 0.25) is 0 Å². The summed E-state index contributed by atoms with van der Waals surface area (Å²) in [5.74, 6) is 0. The van der Waals surface area contributed by atoms with Crippen molar-refractivity contribution in [1.82, 2.24) is 9.55 Å². The van der Waals surface area contributed by atoms with Crippen molar-refractivity contribution < 1.29 is 14.9 Å². The molecule has 0 spiro atoms. The maximum atomic E-state index is 12.0. The minimum absolute atomic E-state index is 0.181. The second-order valence-corrected chi connectivity index (χ2v) is 6.52. The largest absolute Gasteiger partial charge is 0.394 e. The first-order valence-corrected chi connectivity index (χ1v) is 7.68. The van der Waals surface area contributed by atoms with Gasteiger partial charge in [0, 0.05) is 22.4 Å². The second-order valence-electron chi connectivity index (χ2n) is 5.23. The molecular formula is C14H16N2O5S. The van der Waals surface area contributed by atoms with Crippen LogP contribution in [0.3, 0.4) is 0 Å². The second kappa shape index (κ2) is 5.81. The number of H-pyrrole nitrogens is 1. The number of aliphatic hydroxyl groups excluding tert-OH is 2. The van der Waals surface area contributed by atoms with Gasteiger partial charge in [-0.3, -0.25) is 14.3 Å². The highest BCUT2D eigenvalue weighted by atomic mass is 32.1. The predicted molar refractivity (Wildman–Crippen MR) is 81.0 cm³/mol. The van der Waals surface area contributed by atoms with Gasteiger partial charge in [-0.2, -0.15) is 0 Å². The predicted octanol–water partition coefficient (Wildman–Crippen LogP) is 0.214. The number of rotatable bonds is 3. The molecule has 3 atom stereocenters. The average Bonchev–Trinajstić information content (AvgIpc) is 3.05. The number of aromatic nitrogens is 2. The van der Waals surface area contributed by atoms with Crippen molar-refractivity contribution in [3.8, 4) is 10.4 Å². The summed E-state index contributed by atoms with van der Waals surface area (Å²) in [6, 6.07) is 3.72. The third-order valence-corrected chi connectivity index (χ3v) is 4.70. The van der Waals surface area contributed by atoms with Crippen LogP contribution in [-0.4, -0.2) is 38.6 Å². The summed E-state index contributed by atoms with van der Waals surface area (Å²) in [7, 11) is 0. The third-order valence-electron chi connectivity index (χ3n) is 3.67. The molecule has 7 nitrogen and oxygen atoms in total. The van der Waals surface area contributed by atoms with Gasteiger partial charge >= 0.3 is 5.69 Å². The molecule has 0 bridgehead atoms. The van der Waals surface area contributed by atoms with Gasteiger partial charge in [-0.05, 0) is 19.1 Å². The van der Waals surface area contributed by atoms with Gasteiger partial charge in [-0.15, -0.1) is 11.3 Å². The van der Waals surface area contributed by atoms with Gasteiger partial charge in [-0.25, -0.2) is 4.79 Å². The molecule has 1 saturated heterocycles. The summed E-state index contributed by atoms with van der Waals surface area (Å²) in [4.78, 5) is 28.1. The van der Waals surface area contributed by atoms with Gasteiger partial charge in [0.1, 0.15) is 12.3 Å². The van der Waals surface area contributed by atoms with Gasteiger partial charge in [0.05, 0.1) is 18.3 Å². The van der Waals surface area contributed by atoms with Crippen molar-refractivity contribution >= 4 is 11.3 Å². The van der Waals surface area contributed by atoms with Gasteiger partial charge in [0.25, 0.3) is 5.56 Å². The minimum Gasteiger partial charge on any atom is -0.394 e. The molecule has 2 aromatic heterocycles. The van der Waals surface area contributed by atoms with Gasteiger partial charge < -0.3 is 14.9 Å². The van der Waals surface area contributed by atoms with Gasteiger partial charge in [-0.1, -0.05) is 0 Å². The van der Waals surface area contributed by atoms with E-state index < -0.39 is 29.7 Å². The van der Waals surface area contributed by atoms with E-state index in [1.807, 2.05) is 19.1 Å². The summed E-state index contributed by atoms with van der Waals surface area (Å²) in [5, 5.41) is 18.9. The van der Waals surface area contributed by atoms with E-state index in [1.54, 1.807) is 0 Å². The molecule has 0 amide bonds. The monoisotopic (exact) mass is 324 g/mol. The molecule has 0 radical (unpaired) electrons. The fourth-order valence-corrected chi connectivity index (χ4v) is 3.38. The number of hydrogen-bond acceptors (Lipinski definition) is 6. The van der Waals surface area contributed by atoms with Gasteiger partial charge in [0.15, 0.2) is 0 Å². The van der Waals surface area contributed by atoms with Crippen LogP contribution in [0.15, 0.2) is 27.9 Å². The summed E-state index contributed by atoms with van der Waals surface area (Å²) in [6.45, 7) is 1.60. The summed E-state index contributed by atoms with van der Waals surface area (Å²) < 4.78 is 6.72. The summed E-state index contributed by atoms with van der Waals surface area (Å²) in [5.41, 5.74) is -0.679. The Bertz CT molecular complexity index is 793. The Morgan fingerprint density at radius 1 is 1.45 bits per heavy atom. The zero-order valence-electron chi connectivity index (χ0n) is 11.9. The van der Waals surface area contributed by atoms with Crippen molar-refractivity contribution in [2.24, 2.45) is 0 Å². The SMILES string of the molecule is Cc1ccc(-c2cn([C@@H]3C[C@@H](O)[C@H](CO)O3)c(=O)[nH]c2=O)s1. The molecule has 1 aliphatic heterocycles. The molecule has 0 saturated carbocycles. The highest BCUT2D eigenvalue weighted by Gasteiger charge is 2.35. The summed E-state index contributed by atoms with van der Waals surface area (Å²) >= 11 is 1.45. The lowest BCUT2D eigenvalue weighted by molar-refractivity contribution is -0.0458. The molecule has 22 heavy (non-hydrogen) atoms. The quantitative estimate of drug-likeness (QED) is 0.749. The Labute approximate surface area is 129 Å². The fourth-order valence-electron chi connectivity index (χ4n) is 2.50. The maximum absolute atomic E-state index is 12.0. The lowest BCUT2D eigenvalue weighted by Gasteiger charge is -2.15. The van der Waals surface area contributed by atoms with E-state index >= 15 is 0 Å². The maximum Gasteiger partial charge on any atom is 0.330 e. The van der Waals surface area contributed by atoms with Crippen LogP contribution in [-0.2, 0) is 4.74 Å². The first-order chi connectivity index (χ1) is 10.5. The van der Waals surface area contributed by atoms with Crippen LogP contribution in [0.4, 0.5) is 0 Å². The molecular weight excluding hydrogens is 308 g/mol. The Morgan fingerprint density at radius 2 is 2.23 bits per heavy atom. The average molecular weight is 324 g/mol. The van der Waals surface area contributed by atoms with Crippen molar-refractivity contribution in [3.63, 3.8) is 0 Å². The Hall–Kier alpha value is -1.74. The number of nitrogens with zero attached hydrogens (tertiary/aromatic N) is 1. The van der Waals surface area contributed by atoms with Crippen molar-refractivity contribution in [2.45, 2.75) is 31.8 Å². The Kier molecular flexibility index (Phi) is 4.00. The number of hydrogen-bond donors (Lipinski definition) is 3. The van der Waals surface area contributed by atoms with Crippen LogP contribution < -0.4 is 11.2 Å². The normalized spacial score (nSPS) is 24.8. The van der Waals surface area contributed by atoms with E-state index in [4.69, 9.17) is 9.84 Å². The number of ether oxygens (including phenoxy) is 1. The number of nitrogens with one attached hydrogen (secondary N) is 1. The van der Waals surface area contributed by atoms with E-state index in [-0.39, 0.29) is 13.0 Å². The standard InChI is InChI=1S/C14H16N2O5S/c1-7-2-3-11(22-7)8-5-16(14(20)15-13(8)19)12-4-9(18)10(6-17)21-12/h2-3,5,9-10,12,17-18H,4,6H2,1H3,(H,15,19,20)/t9-,10+,12+/m1/s1. The topological polar surface area (TPSA) is 105 Å². The fraction of sp³-hybridized carbons (Fsp3) is 0.429. The molecule has 1 fully saturated rings. The van der Waals surface area contributed by atoms with E-state index in [0.29, 0.717) is 5.56 Å². The van der Waals surface area contributed by atoms with Crippen LogP contribution >= 0.6 is 11.3 Å². The first-order valence-electron chi connectivity index (χ1n) is 6.86. The molecule has 2 aromatic rings. The van der Waals surface area contributed by atoms with Crippen molar-refractivity contribution in [2.75, 3.05) is 6.61 Å². The zero-order chi connectivity index (χ0) is 15.9. The molecule has 0 aromatic carbocycles. The molecule has 1 aliphatic rings. The molecule has 3 rings (SSSR count). The summed E-state index contributed by atoms with van der Waals surface area (Å²) in [6.07, 6.45) is -0.655. The molecule has 118 valence electrons. The molecule has 0 unspecified atom stereocenters. The van der Waals surface area contributed by atoms with Crippen LogP contribution in [0.5, 0.6) is 0 Å². The first kappa shape index (κ1) is 15.2. The smallest absolute Gasteiger partial charge is 0.330 e. The number of aryl methyl sites for hydroxylation is 1. The van der Waals surface area contributed by atoms with Crippen molar-refractivity contribution in [1.29, 1.82) is 0 Å². The minimum atomic E-state index is -0.846. The van der Waals surface area contributed by atoms with E-state index in [2.05, 4.69) is 4.98 Å². The highest BCUT2D eigenvalue weighted by molar-refractivity contribution is 7.15. The molecule has 3 N–H and O–H groups in total. The zero-order valence-corrected chi connectivity index (χ0v) is 12.7. The Morgan fingerprint density at radius 3 is 2.82 bits per heavy atom. The third kappa shape index (κ3) is 2.66. The Balaban J connectivity index is 2.03.